The van der Waals surface area contributed by atoms with E-state index in [1.54, 1.807) is 31.2 Å². The van der Waals surface area contributed by atoms with Gasteiger partial charge in [-0.15, -0.1) is 0 Å². The van der Waals surface area contributed by atoms with Crippen LogP contribution in [0.25, 0.3) is 0 Å². The number of aromatic nitrogens is 2. The van der Waals surface area contributed by atoms with Crippen molar-refractivity contribution < 1.29 is 28.6 Å². The molecule has 1 aromatic heterocycles. The lowest BCUT2D eigenvalue weighted by atomic mass is 9.92. The number of amides is 2. The van der Waals surface area contributed by atoms with Gasteiger partial charge < -0.3 is 30.8 Å². The molecule has 214 valence electrons. The van der Waals surface area contributed by atoms with Crippen LogP contribution in [0, 0.1) is 11.8 Å². The number of carbonyl (C=O) groups excluding carboxylic acids is 3. The van der Waals surface area contributed by atoms with Gasteiger partial charge >= 0.3 is 5.97 Å². The second kappa shape index (κ2) is 14.2. The van der Waals surface area contributed by atoms with Crippen LogP contribution >= 0.6 is 0 Å². The number of aromatic amines is 1. The van der Waals surface area contributed by atoms with E-state index in [0.29, 0.717) is 19.4 Å². The number of fused-ring (bicyclic) bond motifs is 3. The highest BCUT2D eigenvalue weighted by Crippen LogP contribution is 2.25. The van der Waals surface area contributed by atoms with Crippen molar-refractivity contribution in [1.29, 1.82) is 0 Å². The Morgan fingerprint density at radius 3 is 2.82 bits per heavy atom. The number of ether oxygens (including phenoxy) is 1. The van der Waals surface area contributed by atoms with Crippen molar-refractivity contribution in [3.05, 3.63) is 53.7 Å². The first-order valence-electron chi connectivity index (χ1n) is 13.5. The quantitative estimate of drug-likeness (QED) is 0.415. The molecule has 11 heteroatoms. The van der Waals surface area contributed by atoms with Gasteiger partial charge in [0.2, 0.25) is 5.91 Å². The van der Waals surface area contributed by atoms with Crippen molar-refractivity contribution in [3.8, 4) is 0 Å². The Morgan fingerprint density at radius 2 is 2.08 bits per heavy atom. The Kier molecular flexibility index (Phi) is 11.0. The number of aliphatic hydroxyl groups excluding tert-OH is 1. The van der Waals surface area contributed by atoms with Gasteiger partial charge in [-0.05, 0) is 32.4 Å². The lowest BCUT2D eigenvalue weighted by Crippen LogP contribution is -2.45. The summed E-state index contributed by atoms with van der Waals surface area (Å²) < 4.78 is 20.6. The van der Waals surface area contributed by atoms with Gasteiger partial charge in [-0.1, -0.05) is 43.7 Å². The molecule has 1 aromatic rings. The number of rotatable bonds is 2. The van der Waals surface area contributed by atoms with Gasteiger partial charge in [-0.2, -0.15) is 0 Å². The first-order valence-corrected chi connectivity index (χ1v) is 13.5. The van der Waals surface area contributed by atoms with Crippen molar-refractivity contribution in [3.63, 3.8) is 0 Å². The molecule has 6 atom stereocenters. The number of hydrogen-bond donors (Lipinski definition) is 4. The van der Waals surface area contributed by atoms with Crippen molar-refractivity contribution >= 4 is 17.8 Å². The first kappa shape index (κ1) is 30.2. The molecule has 0 spiro atoms. The molecular formula is C28H40FN5O5. The molecule has 10 nitrogen and oxygen atoms in total. The van der Waals surface area contributed by atoms with Gasteiger partial charge in [-0.3, -0.25) is 9.59 Å². The third-order valence-electron chi connectivity index (χ3n) is 7.04. The predicted octanol–water partition coefficient (Wildman–Crippen LogP) is 1.98. The van der Waals surface area contributed by atoms with E-state index in [1.165, 1.54) is 17.2 Å². The van der Waals surface area contributed by atoms with Crippen molar-refractivity contribution in [2.24, 2.45) is 17.6 Å². The molecule has 2 bridgehead atoms. The number of halogens is 1. The SMILES string of the molecule is CC1=C[C@@H](O)C[C@@H](F)Cc2ncc([nH]2)C(=O)N2CCC[C@@H]2C(=O)O[C@H]([C@H](C)CN)[C@H](C)/C=C/C(=O)NCC=C1. The third kappa shape index (κ3) is 8.59. The molecule has 2 aliphatic heterocycles. The van der Waals surface area contributed by atoms with E-state index < -0.39 is 36.3 Å². The second-order valence-electron chi connectivity index (χ2n) is 10.4. The van der Waals surface area contributed by atoms with E-state index >= 15 is 0 Å². The average Bonchev–Trinajstić information content (AvgIpc) is 3.57. The Hall–Kier alpha value is -3.31. The lowest BCUT2D eigenvalue weighted by Gasteiger charge is -2.30. The number of hydrogen-bond acceptors (Lipinski definition) is 7. The number of esters is 1. The van der Waals surface area contributed by atoms with Crippen LogP contribution < -0.4 is 11.1 Å². The van der Waals surface area contributed by atoms with Gasteiger partial charge in [0, 0.05) is 37.8 Å². The van der Waals surface area contributed by atoms with Crippen LogP contribution in [-0.4, -0.2) is 81.8 Å². The van der Waals surface area contributed by atoms with E-state index in [4.69, 9.17) is 10.5 Å². The molecule has 2 aliphatic rings. The summed E-state index contributed by atoms with van der Waals surface area (Å²) in [5, 5.41) is 13.0. The Balaban J connectivity index is 1.86. The summed E-state index contributed by atoms with van der Waals surface area (Å²) in [6.07, 6.45) is 7.25. The van der Waals surface area contributed by atoms with Crippen molar-refractivity contribution in [1.82, 2.24) is 20.2 Å². The Morgan fingerprint density at radius 1 is 1.31 bits per heavy atom. The van der Waals surface area contributed by atoms with Gasteiger partial charge in [0.15, 0.2) is 0 Å². The minimum Gasteiger partial charge on any atom is -0.460 e. The predicted molar refractivity (Wildman–Crippen MR) is 144 cm³/mol. The fourth-order valence-corrected chi connectivity index (χ4v) is 4.87. The maximum atomic E-state index is 14.7. The molecule has 1 saturated heterocycles. The van der Waals surface area contributed by atoms with Crippen LogP contribution in [0.2, 0.25) is 0 Å². The highest BCUT2D eigenvalue weighted by Gasteiger charge is 2.38. The molecule has 3 heterocycles. The molecule has 0 saturated carbocycles. The maximum Gasteiger partial charge on any atom is 0.329 e. The summed E-state index contributed by atoms with van der Waals surface area (Å²) in [6.45, 7) is 6.39. The smallest absolute Gasteiger partial charge is 0.329 e. The molecule has 0 aromatic carbocycles. The number of nitrogens with two attached hydrogens (primary N) is 1. The van der Waals surface area contributed by atoms with E-state index in [9.17, 15) is 23.9 Å². The van der Waals surface area contributed by atoms with Gasteiger partial charge in [0.25, 0.3) is 5.91 Å². The van der Waals surface area contributed by atoms with Crippen LogP contribution in [0.15, 0.2) is 42.2 Å². The molecule has 0 radical (unpaired) electrons. The average molecular weight is 546 g/mol. The molecule has 0 aliphatic carbocycles. The summed E-state index contributed by atoms with van der Waals surface area (Å²) in [5.74, 6) is -1.47. The number of aliphatic hydroxyl groups is 1. The number of H-pyrrole nitrogens is 1. The minimum absolute atomic E-state index is 0.103. The van der Waals surface area contributed by atoms with Crippen LogP contribution in [0.1, 0.15) is 56.3 Å². The van der Waals surface area contributed by atoms with E-state index in [1.807, 2.05) is 13.8 Å². The number of nitrogens with zero attached hydrogens (tertiary/aromatic N) is 2. The Bertz CT molecular complexity index is 1100. The maximum absolute atomic E-state index is 14.7. The van der Waals surface area contributed by atoms with Crippen LogP contribution in [0.3, 0.4) is 0 Å². The third-order valence-corrected chi connectivity index (χ3v) is 7.04. The van der Waals surface area contributed by atoms with E-state index in [-0.39, 0.29) is 55.2 Å². The molecule has 3 rings (SSSR count). The zero-order valence-electron chi connectivity index (χ0n) is 22.8. The molecule has 0 unspecified atom stereocenters. The van der Waals surface area contributed by atoms with Crippen molar-refractivity contribution in [2.45, 2.75) is 70.9 Å². The fourth-order valence-electron chi connectivity index (χ4n) is 4.87. The summed E-state index contributed by atoms with van der Waals surface area (Å²) in [5.41, 5.74) is 6.77. The summed E-state index contributed by atoms with van der Waals surface area (Å²) >= 11 is 0. The van der Waals surface area contributed by atoms with Gasteiger partial charge in [0.1, 0.15) is 29.8 Å². The summed E-state index contributed by atoms with van der Waals surface area (Å²) in [7, 11) is 0. The largest absolute Gasteiger partial charge is 0.460 e. The number of imidazole rings is 1. The Labute approximate surface area is 228 Å². The molecule has 39 heavy (non-hydrogen) atoms. The van der Waals surface area contributed by atoms with Crippen LogP contribution in [0.5, 0.6) is 0 Å². The highest BCUT2D eigenvalue weighted by molar-refractivity contribution is 5.95. The molecular weight excluding hydrogens is 505 g/mol. The monoisotopic (exact) mass is 545 g/mol. The lowest BCUT2D eigenvalue weighted by molar-refractivity contribution is -0.158. The molecule has 5 N–H and O–H groups in total. The number of allylic oxidation sites excluding steroid dienone is 2. The zero-order chi connectivity index (χ0) is 28.5. The number of nitrogens with one attached hydrogen (secondary N) is 2. The van der Waals surface area contributed by atoms with Crippen LogP contribution in [0.4, 0.5) is 4.39 Å². The molecule has 2 amide bonds. The van der Waals surface area contributed by atoms with Gasteiger partial charge in [-0.25, -0.2) is 14.2 Å². The standard InChI is InChI=1S/C28H40FN5O5/c1-17-6-4-10-31-25(36)9-8-18(2)26(19(3)15-30)39-28(38)23-7-5-11-34(23)27(37)22-16-32-24(33-22)14-20(29)13-21(35)12-17/h4,6,8-9,12,16,18-21,23,26,35H,5,7,10-11,13-15,30H2,1-3H3,(H,31,36)(H,32,33)/b6-4?,9-8+,17-12?/t18-,19-,20-,21-,23-,26+/m1/s1. The number of alkyl halides is 1. The topological polar surface area (TPSA) is 151 Å². The van der Waals surface area contributed by atoms with E-state index in [0.717, 1.165) is 5.57 Å². The zero-order valence-corrected chi connectivity index (χ0v) is 22.8. The van der Waals surface area contributed by atoms with Crippen molar-refractivity contribution in [2.75, 3.05) is 19.6 Å². The highest BCUT2D eigenvalue weighted by atomic mass is 19.1. The first-order chi connectivity index (χ1) is 18.6. The summed E-state index contributed by atoms with van der Waals surface area (Å²) in [4.78, 5) is 47.3. The minimum atomic E-state index is -1.40. The van der Waals surface area contributed by atoms with Crippen LogP contribution in [-0.2, 0) is 20.7 Å². The summed E-state index contributed by atoms with van der Waals surface area (Å²) in [6, 6.07) is -0.774. The fraction of sp³-hybridized carbons (Fsp3) is 0.571. The van der Waals surface area contributed by atoms with Gasteiger partial charge in [0.05, 0.1) is 12.3 Å². The second-order valence-corrected chi connectivity index (χ2v) is 10.4. The number of carbonyl (C=O) groups is 3. The normalized spacial score (nSPS) is 29.7. The molecule has 1 fully saturated rings. The van der Waals surface area contributed by atoms with E-state index in [2.05, 4.69) is 15.3 Å². The number of cyclic esters (lactones) is 1.